The number of benzene rings is 1. The number of anilines is 1. The van der Waals surface area contributed by atoms with Gasteiger partial charge in [-0.25, -0.2) is 9.59 Å². The summed E-state index contributed by atoms with van der Waals surface area (Å²) >= 11 is 0. The van der Waals surface area contributed by atoms with Crippen LogP contribution in [-0.2, 0) is 9.53 Å². The number of amides is 1. The summed E-state index contributed by atoms with van der Waals surface area (Å²) in [6.45, 7) is 1.64. The lowest BCUT2D eigenvalue weighted by Gasteiger charge is -2.15. The number of nitrogens with zero attached hydrogens (tertiary/aromatic N) is 1. The minimum Gasteiger partial charge on any atom is -0.374 e. The Labute approximate surface area is 81.1 Å². The van der Waals surface area contributed by atoms with Crippen LogP contribution >= 0.6 is 0 Å². The predicted octanol–water partition coefficient (Wildman–Crippen LogP) is 1.56. The van der Waals surface area contributed by atoms with Crippen molar-refractivity contribution >= 4 is 17.7 Å². The number of esters is 1. The van der Waals surface area contributed by atoms with Crippen molar-refractivity contribution in [3.8, 4) is 0 Å². The van der Waals surface area contributed by atoms with E-state index in [1.807, 2.05) is 6.07 Å². The summed E-state index contributed by atoms with van der Waals surface area (Å²) in [6.07, 6.45) is -0.603. The zero-order chi connectivity index (χ0) is 10.1. The molecule has 4 nitrogen and oxygen atoms in total. The molecule has 0 aliphatic carbocycles. The van der Waals surface area contributed by atoms with E-state index in [9.17, 15) is 9.59 Å². The van der Waals surface area contributed by atoms with E-state index >= 15 is 0 Å². The number of carbonyl (C=O) groups excluding carboxylic acids is 2. The largest absolute Gasteiger partial charge is 0.422 e. The molecule has 1 amide bonds. The van der Waals surface area contributed by atoms with Crippen molar-refractivity contribution in [3.05, 3.63) is 30.3 Å². The third-order valence-corrected chi connectivity index (χ3v) is 2.15. The summed E-state index contributed by atoms with van der Waals surface area (Å²) in [6, 6.07) is 8.44. The highest BCUT2D eigenvalue weighted by atomic mass is 16.6. The van der Waals surface area contributed by atoms with Crippen molar-refractivity contribution in [1.82, 2.24) is 0 Å². The van der Waals surface area contributed by atoms with Gasteiger partial charge in [0.25, 0.3) is 0 Å². The zero-order valence-electron chi connectivity index (χ0n) is 7.64. The highest BCUT2D eigenvalue weighted by Gasteiger charge is 2.38. The van der Waals surface area contributed by atoms with E-state index in [1.165, 1.54) is 4.90 Å². The molecule has 1 fully saturated rings. The molecule has 1 aliphatic heterocycles. The molecule has 0 aromatic heterocycles. The van der Waals surface area contributed by atoms with Gasteiger partial charge in [-0.3, -0.25) is 4.90 Å². The summed E-state index contributed by atoms with van der Waals surface area (Å²) < 4.78 is 4.49. The standard InChI is InChI=1S/C10H9NO3/c1-7-9(12)14-10(13)11(7)8-5-3-2-4-6-8/h2-7H,1H3/t7-/m0/s1. The summed E-state index contributed by atoms with van der Waals surface area (Å²) in [4.78, 5) is 23.7. The second-order valence-corrected chi connectivity index (χ2v) is 3.07. The van der Waals surface area contributed by atoms with E-state index in [0.717, 1.165) is 0 Å². The molecular weight excluding hydrogens is 182 g/mol. The SMILES string of the molecule is C[C@H]1C(=O)OC(=O)N1c1ccccc1. The Morgan fingerprint density at radius 1 is 1.21 bits per heavy atom. The number of carbonyl (C=O) groups is 2. The van der Waals surface area contributed by atoms with E-state index in [-0.39, 0.29) is 0 Å². The van der Waals surface area contributed by atoms with Crippen LogP contribution in [0.3, 0.4) is 0 Å². The third kappa shape index (κ3) is 1.25. The molecule has 1 atom stereocenters. The van der Waals surface area contributed by atoms with Crippen LogP contribution in [0, 0.1) is 0 Å². The average Bonchev–Trinajstić information content (AvgIpc) is 2.43. The summed E-state index contributed by atoms with van der Waals surface area (Å²) in [7, 11) is 0. The molecular formula is C10H9NO3. The number of para-hydroxylation sites is 1. The van der Waals surface area contributed by atoms with Gasteiger partial charge >= 0.3 is 12.1 Å². The fraction of sp³-hybridized carbons (Fsp3) is 0.200. The Balaban J connectivity index is 2.36. The normalized spacial score (nSPS) is 21.2. The Morgan fingerprint density at radius 2 is 1.86 bits per heavy atom. The monoisotopic (exact) mass is 191 g/mol. The average molecular weight is 191 g/mol. The second-order valence-electron chi connectivity index (χ2n) is 3.07. The highest BCUT2D eigenvalue weighted by molar-refractivity contribution is 6.06. The minimum atomic E-state index is -0.603. The van der Waals surface area contributed by atoms with Crippen LogP contribution in [0.1, 0.15) is 6.92 Å². The molecule has 0 saturated carbocycles. The first kappa shape index (κ1) is 8.74. The first-order chi connectivity index (χ1) is 6.70. The zero-order valence-corrected chi connectivity index (χ0v) is 7.64. The topological polar surface area (TPSA) is 46.6 Å². The third-order valence-electron chi connectivity index (χ3n) is 2.15. The first-order valence-electron chi connectivity index (χ1n) is 4.30. The van der Waals surface area contributed by atoms with Crippen molar-refractivity contribution in [2.75, 3.05) is 4.90 Å². The van der Waals surface area contributed by atoms with Crippen LogP contribution < -0.4 is 4.90 Å². The molecule has 1 saturated heterocycles. The maximum atomic E-state index is 11.3. The van der Waals surface area contributed by atoms with Gasteiger partial charge in [0.05, 0.1) is 0 Å². The van der Waals surface area contributed by atoms with Crippen molar-refractivity contribution in [2.24, 2.45) is 0 Å². The van der Waals surface area contributed by atoms with Crippen molar-refractivity contribution in [2.45, 2.75) is 13.0 Å². The second kappa shape index (κ2) is 3.14. The van der Waals surface area contributed by atoms with Gasteiger partial charge in [0, 0.05) is 5.69 Å². The summed E-state index contributed by atoms with van der Waals surface area (Å²) in [5.41, 5.74) is 0.677. The molecule has 0 radical (unpaired) electrons. The quantitative estimate of drug-likeness (QED) is 0.500. The summed E-state index contributed by atoms with van der Waals surface area (Å²) in [5.74, 6) is -0.501. The smallest absolute Gasteiger partial charge is 0.374 e. The lowest BCUT2D eigenvalue weighted by molar-refractivity contribution is -0.134. The fourth-order valence-electron chi connectivity index (χ4n) is 1.40. The van der Waals surface area contributed by atoms with Gasteiger partial charge in [0.2, 0.25) is 0 Å². The van der Waals surface area contributed by atoms with Crippen LogP contribution in [0.5, 0.6) is 0 Å². The molecule has 0 bridgehead atoms. The van der Waals surface area contributed by atoms with Crippen LogP contribution in [-0.4, -0.2) is 18.1 Å². The Bertz CT molecular complexity index is 374. The van der Waals surface area contributed by atoms with Crippen LogP contribution in [0.25, 0.3) is 0 Å². The van der Waals surface area contributed by atoms with Gasteiger partial charge in [-0.1, -0.05) is 18.2 Å². The molecule has 0 N–H and O–H groups in total. The molecule has 4 heteroatoms. The molecule has 1 aromatic rings. The van der Waals surface area contributed by atoms with Crippen molar-refractivity contribution in [1.29, 1.82) is 0 Å². The highest BCUT2D eigenvalue weighted by Crippen LogP contribution is 2.22. The van der Waals surface area contributed by atoms with E-state index in [0.29, 0.717) is 5.69 Å². The van der Waals surface area contributed by atoms with Gasteiger partial charge in [-0.2, -0.15) is 0 Å². The summed E-state index contributed by atoms with van der Waals surface area (Å²) in [5, 5.41) is 0. The van der Waals surface area contributed by atoms with E-state index in [2.05, 4.69) is 4.74 Å². The van der Waals surface area contributed by atoms with Gasteiger partial charge in [-0.15, -0.1) is 0 Å². The molecule has 0 unspecified atom stereocenters. The van der Waals surface area contributed by atoms with Crippen molar-refractivity contribution < 1.29 is 14.3 Å². The van der Waals surface area contributed by atoms with E-state index in [1.54, 1.807) is 31.2 Å². The maximum Gasteiger partial charge on any atom is 0.422 e. The lowest BCUT2D eigenvalue weighted by atomic mass is 10.2. The molecule has 0 spiro atoms. The Morgan fingerprint density at radius 3 is 2.36 bits per heavy atom. The molecule has 1 aliphatic rings. The van der Waals surface area contributed by atoms with Gasteiger partial charge in [-0.05, 0) is 19.1 Å². The van der Waals surface area contributed by atoms with Gasteiger partial charge in [0.1, 0.15) is 6.04 Å². The maximum absolute atomic E-state index is 11.3. The van der Waals surface area contributed by atoms with Crippen LogP contribution in [0.4, 0.5) is 10.5 Å². The van der Waals surface area contributed by atoms with Gasteiger partial charge < -0.3 is 4.74 Å². The number of hydrogen-bond donors (Lipinski definition) is 0. The van der Waals surface area contributed by atoms with Crippen LogP contribution in [0.15, 0.2) is 30.3 Å². The minimum absolute atomic E-state index is 0.501. The van der Waals surface area contributed by atoms with Crippen molar-refractivity contribution in [3.63, 3.8) is 0 Å². The molecule has 72 valence electrons. The molecule has 14 heavy (non-hydrogen) atoms. The Hall–Kier alpha value is -1.84. The fourth-order valence-corrected chi connectivity index (χ4v) is 1.40. The molecule has 1 heterocycles. The van der Waals surface area contributed by atoms with Gasteiger partial charge in [0.15, 0.2) is 0 Å². The molecule has 1 aromatic carbocycles. The Kier molecular flexibility index (Phi) is 1.96. The van der Waals surface area contributed by atoms with E-state index < -0.39 is 18.1 Å². The van der Waals surface area contributed by atoms with E-state index in [4.69, 9.17) is 0 Å². The first-order valence-corrected chi connectivity index (χ1v) is 4.30. The number of cyclic esters (lactones) is 2. The number of rotatable bonds is 1. The number of hydrogen-bond acceptors (Lipinski definition) is 3. The lowest BCUT2D eigenvalue weighted by Crippen LogP contribution is -2.32. The molecule has 2 rings (SSSR count). The number of ether oxygens (including phenoxy) is 1. The predicted molar refractivity (Wildman–Crippen MR) is 49.9 cm³/mol. The van der Waals surface area contributed by atoms with Crippen LogP contribution in [0.2, 0.25) is 0 Å².